The quantitative estimate of drug-likeness (QED) is 0.605. The van der Waals surface area contributed by atoms with Gasteiger partial charge in [-0.2, -0.15) is 5.26 Å². The summed E-state index contributed by atoms with van der Waals surface area (Å²) >= 11 is 0. The Morgan fingerprint density at radius 2 is 1.94 bits per heavy atom. The van der Waals surface area contributed by atoms with E-state index < -0.39 is 5.97 Å². The SMILES string of the molecule is CCCC(=O)Nc1ccc(C(=O)OO)cc1. The molecule has 0 atom stereocenters. The van der Waals surface area contributed by atoms with Crippen LogP contribution in [0.4, 0.5) is 5.69 Å². The lowest BCUT2D eigenvalue weighted by atomic mass is 10.2. The van der Waals surface area contributed by atoms with Crippen molar-refractivity contribution in [1.82, 2.24) is 0 Å². The number of benzene rings is 1. The monoisotopic (exact) mass is 223 g/mol. The number of carbonyl (C=O) groups excluding carboxylic acids is 2. The van der Waals surface area contributed by atoms with Crippen LogP contribution in [0.2, 0.25) is 0 Å². The van der Waals surface area contributed by atoms with E-state index in [0.29, 0.717) is 12.1 Å². The van der Waals surface area contributed by atoms with Crippen LogP contribution in [0.1, 0.15) is 30.1 Å². The largest absolute Gasteiger partial charge is 0.372 e. The minimum absolute atomic E-state index is 0.0695. The number of rotatable bonds is 4. The van der Waals surface area contributed by atoms with Crippen molar-refractivity contribution in [2.45, 2.75) is 19.8 Å². The molecular weight excluding hydrogens is 210 g/mol. The van der Waals surface area contributed by atoms with Crippen LogP contribution < -0.4 is 5.32 Å². The Kier molecular flexibility index (Phi) is 4.47. The zero-order valence-electron chi connectivity index (χ0n) is 8.90. The minimum Gasteiger partial charge on any atom is -0.326 e. The highest BCUT2D eigenvalue weighted by atomic mass is 17.1. The van der Waals surface area contributed by atoms with Crippen molar-refractivity contribution in [2.24, 2.45) is 0 Å². The fourth-order valence-corrected chi connectivity index (χ4v) is 1.19. The highest BCUT2D eigenvalue weighted by Crippen LogP contribution is 2.10. The van der Waals surface area contributed by atoms with Crippen molar-refractivity contribution in [3.8, 4) is 0 Å². The summed E-state index contributed by atoms with van der Waals surface area (Å²) in [6, 6.07) is 6.06. The van der Waals surface area contributed by atoms with Gasteiger partial charge in [-0.3, -0.25) is 9.68 Å². The summed E-state index contributed by atoms with van der Waals surface area (Å²) in [6.45, 7) is 1.92. The van der Waals surface area contributed by atoms with E-state index in [1.165, 1.54) is 12.1 Å². The Morgan fingerprint density at radius 1 is 1.31 bits per heavy atom. The third-order valence-corrected chi connectivity index (χ3v) is 1.96. The molecule has 1 rings (SSSR count). The Balaban J connectivity index is 2.64. The van der Waals surface area contributed by atoms with Gasteiger partial charge in [0.2, 0.25) is 5.91 Å². The number of hydrogen-bond acceptors (Lipinski definition) is 4. The van der Waals surface area contributed by atoms with Gasteiger partial charge in [-0.15, -0.1) is 0 Å². The maximum atomic E-state index is 11.2. The van der Waals surface area contributed by atoms with E-state index in [4.69, 9.17) is 5.26 Å². The molecule has 0 fully saturated rings. The predicted octanol–water partition coefficient (Wildman–Crippen LogP) is 2.05. The van der Waals surface area contributed by atoms with E-state index in [9.17, 15) is 9.59 Å². The van der Waals surface area contributed by atoms with E-state index in [1.807, 2.05) is 6.92 Å². The second-order valence-electron chi connectivity index (χ2n) is 3.25. The van der Waals surface area contributed by atoms with E-state index in [2.05, 4.69) is 10.2 Å². The van der Waals surface area contributed by atoms with Crippen LogP contribution in [0.3, 0.4) is 0 Å². The summed E-state index contributed by atoms with van der Waals surface area (Å²) in [4.78, 5) is 25.7. The molecule has 0 radical (unpaired) electrons. The zero-order valence-corrected chi connectivity index (χ0v) is 8.90. The molecule has 5 heteroatoms. The zero-order chi connectivity index (χ0) is 12.0. The van der Waals surface area contributed by atoms with Gasteiger partial charge in [0.15, 0.2) is 0 Å². The highest BCUT2D eigenvalue weighted by Gasteiger charge is 2.06. The molecule has 0 saturated heterocycles. The Bertz CT molecular complexity index is 372. The Morgan fingerprint density at radius 3 is 2.44 bits per heavy atom. The molecular formula is C11H13NO4. The van der Waals surface area contributed by atoms with Crippen LogP contribution in [0, 0.1) is 0 Å². The second-order valence-corrected chi connectivity index (χ2v) is 3.25. The van der Waals surface area contributed by atoms with Gasteiger partial charge in [-0.05, 0) is 30.7 Å². The van der Waals surface area contributed by atoms with Crippen LogP contribution >= 0.6 is 0 Å². The summed E-state index contributed by atoms with van der Waals surface area (Å²) in [6.07, 6.45) is 1.24. The van der Waals surface area contributed by atoms with Crippen molar-refractivity contribution in [1.29, 1.82) is 0 Å². The molecule has 0 aromatic heterocycles. The lowest BCUT2D eigenvalue weighted by molar-refractivity contribution is -0.182. The van der Waals surface area contributed by atoms with Crippen molar-refractivity contribution in [2.75, 3.05) is 5.32 Å². The lowest BCUT2D eigenvalue weighted by Gasteiger charge is -2.04. The molecule has 0 saturated carbocycles. The van der Waals surface area contributed by atoms with Gasteiger partial charge in [-0.1, -0.05) is 6.92 Å². The third kappa shape index (κ3) is 3.36. The van der Waals surface area contributed by atoms with Gasteiger partial charge in [0, 0.05) is 12.1 Å². The first kappa shape index (κ1) is 12.2. The first-order chi connectivity index (χ1) is 7.67. The molecule has 1 aromatic carbocycles. The molecule has 1 amide bonds. The predicted molar refractivity (Wildman–Crippen MR) is 58.0 cm³/mol. The van der Waals surface area contributed by atoms with Gasteiger partial charge in [0.1, 0.15) is 0 Å². The number of carbonyl (C=O) groups is 2. The molecule has 16 heavy (non-hydrogen) atoms. The fraction of sp³-hybridized carbons (Fsp3) is 0.273. The highest BCUT2D eigenvalue weighted by molar-refractivity contribution is 5.92. The summed E-state index contributed by atoms with van der Waals surface area (Å²) < 4.78 is 0. The van der Waals surface area contributed by atoms with Gasteiger partial charge >= 0.3 is 5.97 Å². The Labute approximate surface area is 93.0 Å². The van der Waals surface area contributed by atoms with Gasteiger partial charge in [0.25, 0.3) is 0 Å². The van der Waals surface area contributed by atoms with Crippen LogP contribution in [-0.4, -0.2) is 17.1 Å². The molecule has 86 valence electrons. The van der Waals surface area contributed by atoms with Crippen molar-refractivity contribution in [3.05, 3.63) is 29.8 Å². The van der Waals surface area contributed by atoms with Gasteiger partial charge < -0.3 is 5.32 Å². The van der Waals surface area contributed by atoms with E-state index in [-0.39, 0.29) is 11.5 Å². The van der Waals surface area contributed by atoms with Crippen molar-refractivity contribution >= 4 is 17.6 Å². The molecule has 0 aliphatic heterocycles. The number of anilines is 1. The summed E-state index contributed by atoms with van der Waals surface area (Å²) in [7, 11) is 0. The normalized spacial score (nSPS) is 9.62. The van der Waals surface area contributed by atoms with Crippen LogP contribution in [0.15, 0.2) is 24.3 Å². The topological polar surface area (TPSA) is 75.6 Å². The first-order valence-electron chi connectivity index (χ1n) is 4.93. The van der Waals surface area contributed by atoms with Gasteiger partial charge in [0.05, 0.1) is 5.56 Å². The molecule has 0 aliphatic carbocycles. The molecule has 2 N–H and O–H groups in total. The molecule has 0 bridgehead atoms. The summed E-state index contributed by atoms with van der Waals surface area (Å²) in [5, 5.41) is 10.8. The standard InChI is InChI=1S/C11H13NO4/c1-2-3-10(13)12-9-6-4-8(5-7-9)11(14)16-15/h4-7,15H,2-3H2,1H3,(H,12,13). The third-order valence-electron chi connectivity index (χ3n) is 1.96. The van der Waals surface area contributed by atoms with Crippen molar-refractivity contribution in [3.63, 3.8) is 0 Å². The molecule has 0 unspecified atom stereocenters. The van der Waals surface area contributed by atoms with E-state index in [1.54, 1.807) is 12.1 Å². The van der Waals surface area contributed by atoms with Crippen LogP contribution in [-0.2, 0) is 9.68 Å². The maximum absolute atomic E-state index is 11.2. The van der Waals surface area contributed by atoms with Gasteiger partial charge in [-0.25, -0.2) is 4.79 Å². The van der Waals surface area contributed by atoms with Crippen molar-refractivity contribution < 1.29 is 19.7 Å². The molecule has 1 aromatic rings. The minimum atomic E-state index is -0.827. The second kappa shape index (κ2) is 5.87. The smallest absolute Gasteiger partial charge is 0.326 e. The summed E-state index contributed by atoms with van der Waals surface area (Å²) in [5.41, 5.74) is 0.823. The summed E-state index contributed by atoms with van der Waals surface area (Å²) in [5.74, 6) is -0.897. The van der Waals surface area contributed by atoms with E-state index >= 15 is 0 Å². The average Bonchev–Trinajstić information content (AvgIpc) is 2.29. The average molecular weight is 223 g/mol. The first-order valence-corrected chi connectivity index (χ1v) is 4.93. The fourth-order valence-electron chi connectivity index (χ4n) is 1.19. The van der Waals surface area contributed by atoms with Crippen LogP contribution in [0.5, 0.6) is 0 Å². The molecule has 0 heterocycles. The molecule has 0 aliphatic rings. The van der Waals surface area contributed by atoms with E-state index in [0.717, 1.165) is 6.42 Å². The van der Waals surface area contributed by atoms with Crippen LogP contribution in [0.25, 0.3) is 0 Å². The molecule has 0 spiro atoms. The number of amides is 1. The maximum Gasteiger partial charge on any atom is 0.372 e. The Hall–Kier alpha value is -1.88. The number of hydrogen-bond donors (Lipinski definition) is 2. The molecule has 5 nitrogen and oxygen atoms in total. The number of nitrogens with one attached hydrogen (secondary N) is 1. The lowest BCUT2D eigenvalue weighted by Crippen LogP contribution is -2.10.